The minimum absolute atomic E-state index is 0.106. The number of benzene rings is 1. The molecule has 0 radical (unpaired) electrons. The lowest BCUT2D eigenvalue weighted by Gasteiger charge is -2.35. The van der Waals surface area contributed by atoms with Crippen molar-refractivity contribution in [3.8, 4) is 0 Å². The number of aromatic nitrogens is 2. The van der Waals surface area contributed by atoms with Gasteiger partial charge in [-0.05, 0) is 86.1 Å². The Balaban J connectivity index is 1.75. The lowest BCUT2D eigenvalue weighted by molar-refractivity contribution is 0.103. The number of halogens is 1. The summed E-state index contributed by atoms with van der Waals surface area (Å²) in [4.78, 5) is 26.5. The van der Waals surface area contributed by atoms with Gasteiger partial charge in [-0.15, -0.1) is 11.3 Å². The maximum atomic E-state index is 13.1. The molecular weight excluding hydrogens is 448 g/mol. The number of hydrogen-bond donors (Lipinski definition) is 1. The van der Waals surface area contributed by atoms with Crippen LogP contribution in [0.15, 0.2) is 22.7 Å². The molecule has 0 saturated carbocycles. The molecule has 1 aliphatic heterocycles. The molecule has 0 bridgehead atoms. The summed E-state index contributed by atoms with van der Waals surface area (Å²) < 4.78 is 0.878. The summed E-state index contributed by atoms with van der Waals surface area (Å²) in [7, 11) is 0. The molecule has 1 fully saturated rings. The van der Waals surface area contributed by atoms with Gasteiger partial charge in [0.1, 0.15) is 16.5 Å². The highest BCUT2D eigenvalue weighted by molar-refractivity contribution is 9.10. The molecular formula is C22H25BrN4OS. The standard InChI is InChI=1S/C22H25BrN4OS/c1-12-8-9-17(16(23)11-12)26-21(28)19-14(3)18-20(24-15(4)25-22(18)29-19)27-10-6-5-7-13(27)2/h8-9,11,13H,5-7,10H2,1-4H3,(H,26,28). The smallest absolute Gasteiger partial charge is 0.266 e. The quantitative estimate of drug-likeness (QED) is 0.506. The van der Waals surface area contributed by atoms with Crippen LogP contribution in [0.3, 0.4) is 0 Å². The lowest BCUT2D eigenvalue weighted by atomic mass is 10.0. The molecule has 29 heavy (non-hydrogen) atoms. The molecule has 1 amide bonds. The highest BCUT2D eigenvalue weighted by Gasteiger charge is 2.26. The lowest BCUT2D eigenvalue weighted by Crippen LogP contribution is -2.38. The second-order valence-corrected chi connectivity index (χ2v) is 9.66. The van der Waals surface area contributed by atoms with Crippen molar-refractivity contribution in [2.24, 2.45) is 0 Å². The molecule has 3 aromatic rings. The number of piperidine rings is 1. The molecule has 4 rings (SSSR count). The van der Waals surface area contributed by atoms with E-state index >= 15 is 0 Å². The Bertz CT molecular complexity index is 1090. The molecule has 0 aliphatic carbocycles. The Hall–Kier alpha value is -1.99. The Morgan fingerprint density at radius 2 is 2.03 bits per heavy atom. The van der Waals surface area contributed by atoms with Crippen LogP contribution in [0.4, 0.5) is 11.5 Å². The van der Waals surface area contributed by atoms with Gasteiger partial charge >= 0.3 is 0 Å². The number of aryl methyl sites for hydroxylation is 3. The van der Waals surface area contributed by atoms with Gasteiger partial charge in [0.15, 0.2) is 0 Å². The van der Waals surface area contributed by atoms with Gasteiger partial charge in [-0.2, -0.15) is 0 Å². The normalized spacial score (nSPS) is 17.0. The summed E-state index contributed by atoms with van der Waals surface area (Å²) >= 11 is 4.99. The molecule has 3 heterocycles. The van der Waals surface area contributed by atoms with Crippen molar-refractivity contribution >= 4 is 54.9 Å². The number of thiophene rings is 1. The van der Waals surface area contributed by atoms with Crippen LogP contribution in [0.1, 0.15) is 52.8 Å². The highest BCUT2D eigenvalue weighted by atomic mass is 79.9. The molecule has 5 nitrogen and oxygen atoms in total. The van der Waals surface area contributed by atoms with Crippen LogP contribution in [0.5, 0.6) is 0 Å². The first-order chi connectivity index (χ1) is 13.8. The van der Waals surface area contributed by atoms with E-state index in [1.54, 1.807) is 0 Å². The van der Waals surface area contributed by atoms with E-state index in [1.165, 1.54) is 30.6 Å². The Morgan fingerprint density at radius 3 is 2.76 bits per heavy atom. The van der Waals surface area contributed by atoms with Crippen molar-refractivity contribution in [1.82, 2.24) is 9.97 Å². The average Bonchev–Trinajstić information content (AvgIpc) is 3.00. The molecule has 2 aromatic heterocycles. The fraction of sp³-hybridized carbons (Fsp3) is 0.409. The summed E-state index contributed by atoms with van der Waals surface area (Å²) in [5.41, 5.74) is 2.86. The zero-order valence-electron chi connectivity index (χ0n) is 17.2. The van der Waals surface area contributed by atoms with Crippen molar-refractivity contribution in [3.63, 3.8) is 0 Å². The van der Waals surface area contributed by atoms with E-state index in [0.29, 0.717) is 10.9 Å². The number of amides is 1. The SMILES string of the molecule is Cc1ccc(NC(=O)c2sc3nc(C)nc(N4CCCCC4C)c3c2C)c(Br)c1. The summed E-state index contributed by atoms with van der Waals surface area (Å²) in [5, 5.41) is 4.06. The zero-order chi connectivity index (χ0) is 20.7. The van der Waals surface area contributed by atoms with E-state index in [4.69, 9.17) is 4.98 Å². The molecule has 1 N–H and O–H groups in total. The van der Waals surface area contributed by atoms with E-state index in [1.807, 2.05) is 39.0 Å². The average molecular weight is 473 g/mol. The van der Waals surface area contributed by atoms with Crippen LogP contribution in [0.2, 0.25) is 0 Å². The van der Waals surface area contributed by atoms with Crippen molar-refractivity contribution < 1.29 is 4.79 Å². The fourth-order valence-electron chi connectivity index (χ4n) is 3.96. The summed E-state index contributed by atoms with van der Waals surface area (Å²) in [6, 6.07) is 6.35. The maximum absolute atomic E-state index is 13.1. The number of fused-ring (bicyclic) bond motifs is 1. The zero-order valence-corrected chi connectivity index (χ0v) is 19.6. The minimum atomic E-state index is -0.106. The Kier molecular flexibility index (Phi) is 5.62. The first kappa shape index (κ1) is 20.3. The van der Waals surface area contributed by atoms with Gasteiger partial charge < -0.3 is 10.2 Å². The van der Waals surface area contributed by atoms with E-state index in [9.17, 15) is 4.79 Å². The maximum Gasteiger partial charge on any atom is 0.266 e. The monoisotopic (exact) mass is 472 g/mol. The predicted octanol–water partition coefficient (Wildman–Crippen LogP) is 6.01. The van der Waals surface area contributed by atoms with Crippen molar-refractivity contribution in [1.29, 1.82) is 0 Å². The molecule has 7 heteroatoms. The summed E-state index contributed by atoms with van der Waals surface area (Å²) in [5.74, 6) is 1.62. The Labute approximate surface area is 183 Å². The third-order valence-corrected chi connectivity index (χ3v) is 7.38. The van der Waals surface area contributed by atoms with Gasteiger partial charge in [0.2, 0.25) is 0 Å². The fourth-order valence-corrected chi connectivity index (χ4v) is 5.67. The number of hydrogen-bond acceptors (Lipinski definition) is 5. The van der Waals surface area contributed by atoms with Gasteiger partial charge in [-0.25, -0.2) is 9.97 Å². The Morgan fingerprint density at radius 1 is 1.24 bits per heavy atom. The number of carbonyl (C=O) groups is 1. The van der Waals surface area contributed by atoms with Gasteiger partial charge in [-0.3, -0.25) is 4.79 Å². The number of nitrogens with zero attached hydrogens (tertiary/aromatic N) is 3. The summed E-state index contributed by atoms with van der Waals surface area (Å²) in [6.07, 6.45) is 3.60. The topological polar surface area (TPSA) is 58.1 Å². The molecule has 1 atom stereocenters. The molecule has 1 aliphatic rings. The number of carbonyl (C=O) groups excluding carboxylic acids is 1. The molecule has 1 unspecified atom stereocenters. The van der Waals surface area contributed by atoms with Crippen LogP contribution < -0.4 is 10.2 Å². The van der Waals surface area contributed by atoms with Crippen LogP contribution in [0.25, 0.3) is 10.2 Å². The van der Waals surface area contributed by atoms with Gasteiger partial charge in [0, 0.05) is 17.1 Å². The van der Waals surface area contributed by atoms with Gasteiger partial charge in [0.05, 0.1) is 16.0 Å². The molecule has 0 spiro atoms. The number of anilines is 2. The molecule has 152 valence electrons. The summed E-state index contributed by atoms with van der Waals surface area (Å²) in [6.45, 7) is 9.22. The van der Waals surface area contributed by atoms with E-state index in [2.05, 4.69) is 38.1 Å². The second-order valence-electron chi connectivity index (χ2n) is 7.81. The minimum Gasteiger partial charge on any atom is -0.353 e. The first-order valence-electron chi connectivity index (χ1n) is 9.97. The number of nitrogens with one attached hydrogen (secondary N) is 1. The van der Waals surface area contributed by atoms with Crippen LogP contribution in [-0.4, -0.2) is 28.5 Å². The van der Waals surface area contributed by atoms with E-state index in [-0.39, 0.29) is 5.91 Å². The number of rotatable bonds is 3. The predicted molar refractivity (Wildman–Crippen MR) is 124 cm³/mol. The van der Waals surface area contributed by atoms with Gasteiger partial charge in [-0.1, -0.05) is 6.07 Å². The molecule has 1 aromatic carbocycles. The molecule has 1 saturated heterocycles. The van der Waals surface area contributed by atoms with Gasteiger partial charge in [0.25, 0.3) is 5.91 Å². The van der Waals surface area contributed by atoms with E-state index < -0.39 is 0 Å². The van der Waals surface area contributed by atoms with Crippen LogP contribution in [-0.2, 0) is 0 Å². The van der Waals surface area contributed by atoms with Crippen LogP contribution in [0, 0.1) is 20.8 Å². The third-order valence-electron chi connectivity index (χ3n) is 5.54. The third kappa shape index (κ3) is 3.90. The second kappa shape index (κ2) is 8.03. The van der Waals surface area contributed by atoms with Crippen molar-refractivity contribution in [3.05, 3.63) is 44.5 Å². The first-order valence-corrected chi connectivity index (χ1v) is 11.6. The van der Waals surface area contributed by atoms with Crippen LogP contribution >= 0.6 is 27.3 Å². The van der Waals surface area contributed by atoms with E-state index in [0.717, 1.165) is 49.7 Å². The van der Waals surface area contributed by atoms with Crippen molar-refractivity contribution in [2.45, 2.75) is 53.0 Å². The van der Waals surface area contributed by atoms with Crippen molar-refractivity contribution in [2.75, 3.05) is 16.8 Å². The highest BCUT2D eigenvalue weighted by Crippen LogP contribution is 2.38. The largest absolute Gasteiger partial charge is 0.353 e.